The Morgan fingerprint density at radius 1 is 1.47 bits per heavy atom. The lowest BCUT2D eigenvalue weighted by Gasteiger charge is -2.26. The minimum Gasteiger partial charge on any atom is -0.495 e. The fourth-order valence-corrected chi connectivity index (χ4v) is 1.88. The molecule has 0 aromatic heterocycles. The highest BCUT2D eigenvalue weighted by molar-refractivity contribution is 5.91. The summed E-state index contributed by atoms with van der Waals surface area (Å²) in [6.07, 6.45) is -0.664. The van der Waals surface area contributed by atoms with E-state index in [0.717, 1.165) is 16.8 Å². The van der Waals surface area contributed by atoms with Crippen LogP contribution in [0.5, 0.6) is 5.75 Å². The second-order valence-electron chi connectivity index (χ2n) is 3.55. The van der Waals surface area contributed by atoms with Crippen LogP contribution in [0, 0.1) is 6.92 Å². The third-order valence-corrected chi connectivity index (χ3v) is 2.56. The number of hydrogen-bond donors (Lipinski definition) is 1. The molecule has 1 heterocycles. The lowest BCUT2D eigenvalue weighted by molar-refractivity contribution is 0.116. The Balaban J connectivity index is 2.61. The zero-order chi connectivity index (χ0) is 11.0. The number of fused-ring (bicyclic) bond motifs is 1. The number of methoxy groups -OCH3 is 1. The van der Waals surface area contributed by atoms with Gasteiger partial charge in [0.2, 0.25) is 0 Å². The molecular weight excluding hydrogens is 194 g/mol. The Labute approximate surface area is 88.2 Å². The first kappa shape index (κ1) is 9.83. The highest BCUT2D eigenvalue weighted by atomic mass is 16.6. The van der Waals surface area contributed by atoms with Crippen LogP contribution in [-0.4, -0.2) is 13.2 Å². The summed E-state index contributed by atoms with van der Waals surface area (Å²) in [5.41, 5.74) is 2.79. The number of benzene rings is 1. The van der Waals surface area contributed by atoms with E-state index < -0.39 is 6.09 Å². The summed E-state index contributed by atoms with van der Waals surface area (Å²) in [6.45, 7) is 3.83. The van der Waals surface area contributed by atoms with E-state index in [1.165, 1.54) is 0 Å². The van der Waals surface area contributed by atoms with Gasteiger partial charge in [0.25, 0.3) is 0 Å². The van der Waals surface area contributed by atoms with Crippen molar-refractivity contribution in [2.24, 2.45) is 0 Å². The van der Waals surface area contributed by atoms with Gasteiger partial charge in [0.15, 0.2) is 0 Å². The van der Waals surface area contributed by atoms with Gasteiger partial charge in [-0.25, -0.2) is 4.79 Å². The maximum absolute atomic E-state index is 11.2. The summed E-state index contributed by atoms with van der Waals surface area (Å²) in [6, 6.07) is 3.79. The molecule has 1 aromatic rings. The normalized spacial score (nSPS) is 18.9. The number of rotatable bonds is 1. The minimum atomic E-state index is -0.432. The van der Waals surface area contributed by atoms with Crippen molar-refractivity contribution in [2.75, 3.05) is 12.4 Å². The Bertz CT molecular complexity index is 415. The van der Waals surface area contributed by atoms with Gasteiger partial charge >= 0.3 is 6.09 Å². The number of carbonyl (C=O) groups is 1. The molecule has 1 amide bonds. The smallest absolute Gasteiger partial charge is 0.412 e. The lowest BCUT2D eigenvalue weighted by atomic mass is 10.00. The molecule has 1 aliphatic rings. The first-order chi connectivity index (χ1) is 7.13. The van der Waals surface area contributed by atoms with Gasteiger partial charge in [-0.15, -0.1) is 0 Å². The zero-order valence-corrected chi connectivity index (χ0v) is 8.96. The van der Waals surface area contributed by atoms with Crippen LogP contribution in [0.15, 0.2) is 12.1 Å². The molecule has 1 unspecified atom stereocenters. The maximum atomic E-state index is 11.2. The molecule has 0 aliphatic carbocycles. The van der Waals surface area contributed by atoms with Gasteiger partial charge in [-0.1, -0.05) is 6.07 Å². The van der Waals surface area contributed by atoms with Crippen LogP contribution in [0.3, 0.4) is 0 Å². The van der Waals surface area contributed by atoms with Crippen molar-refractivity contribution < 1.29 is 14.3 Å². The van der Waals surface area contributed by atoms with Gasteiger partial charge in [0, 0.05) is 5.56 Å². The molecule has 0 spiro atoms. The van der Waals surface area contributed by atoms with Crippen LogP contribution >= 0.6 is 0 Å². The third kappa shape index (κ3) is 1.52. The predicted molar refractivity (Wildman–Crippen MR) is 56.2 cm³/mol. The number of ether oxygens (including phenoxy) is 2. The molecule has 0 fully saturated rings. The number of anilines is 1. The summed E-state index contributed by atoms with van der Waals surface area (Å²) in [5.74, 6) is 0.666. The van der Waals surface area contributed by atoms with Crippen molar-refractivity contribution in [1.82, 2.24) is 0 Å². The highest BCUT2D eigenvalue weighted by Crippen LogP contribution is 2.39. The molecule has 2 rings (SSSR count). The van der Waals surface area contributed by atoms with Crippen molar-refractivity contribution in [3.05, 3.63) is 23.3 Å². The maximum Gasteiger partial charge on any atom is 0.412 e. The zero-order valence-electron chi connectivity index (χ0n) is 8.96. The summed E-state index contributed by atoms with van der Waals surface area (Å²) < 4.78 is 10.3. The second-order valence-corrected chi connectivity index (χ2v) is 3.55. The summed E-state index contributed by atoms with van der Waals surface area (Å²) in [4.78, 5) is 11.2. The van der Waals surface area contributed by atoms with E-state index in [4.69, 9.17) is 9.47 Å². The summed E-state index contributed by atoms with van der Waals surface area (Å²) in [7, 11) is 1.58. The van der Waals surface area contributed by atoms with Crippen molar-refractivity contribution in [3.63, 3.8) is 0 Å². The summed E-state index contributed by atoms with van der Waals surface area (Å²) >= 11 is 0. The molecule has 15 heavy (non-hydrogen) atoms. The van der Waals surface area contributed by atoms with Crippen LogP contribution < -0.4 is 10.1 Å². The van der Waals surface area contributed by atoms with Crippen molar-refractivity contribution in [3.8, 4) is 5.75 Å². The van der Waals surface area contributed by atoms with Gasteiger partial charge in [-0.05, 0) is 25.5 Å². The fraction of sp³-hybridized carbons (Fsp3) is 0.364. The van der Waals surface area contributed by atoms with Gasteiger partial charge in [-0.3, -0.25) is 5.32 Å². The summed E-state index contributed by atoms with van der Waals surface area (Å²) in [5, 5.41) is 2.66. The lowest BCUT2D eigenvalue weighted by Crippen LogP contribution is -2.24. The molecule has 1 atom stereocenters. The monoisotopic (exact) mass is 207 g/mol. The van der Waals surface area contributed by atoms with Crippen molar-refractivity contribution in [2.45, 2.75) is 20.0 Å². The molecule has 80 valence electrons. The van der Waals surface area contributed by atoms with Crippen LogP contribution in [0.4, 0.5) is 10.5 Å². The van der Waals surface area contributed by atoms with E-state index in [-0.39, 0.29) is 6.10 Å². The molecule has 0 saturated heterocycles. The number of aryl methyl sites for hydroxylation is 1. The average Bonchev–Trinajstić information content (AvgIpc) is 2.17. The molecule has 1 aliphatic heterocycles. The van der Waals surface area contributed by atoms with E-state index in [9.17, 15) is 4.79 Å². The first-order valence-corrected chi connectivity index (χ1v) is 4.78. The molecule has 4 nitrogen and oxygen atoms in total. The quantitative estimate of drug-likeness (QED) is 0.770. The Morgan fingerprint density at radius 2 is 2.20 bits per heavy atom. The molecule has 0 saturated carbocycles. The molecule has 1 N–H and O–H groups in total. The van der Waals surface area contributed by atoms with Crippen LogP contribution in [0.25, 0.3) is 0 Å². The third-order valence-electron chi connectivity index (χ3n) is 2.56. The van der Waals surface area contributed by atoms with E-state index in [0.29, 0.717) is 5.75 Å². The topological polar surface area (TPSA) is 47.6 Å². The van der Waals surface area contributed by atoms with Crippen LogP contribution in [0.2, 0.25) is 0 Å². The standard InChI is InChI=1S/C11H13NO3/c1-6-4-5-8(14-3)10-9(6)7(2)15-11(13)12-10/h4-5,7H,1-3H3,(H,12,13). The van der Waals surface area contributed by atoms with Crippen molar-refractivity contribution in [1.29, 1.82) is 0 Å². The highest BCUT2D eigenvalue weighted by Gasteiger charge is 2.26. The van der Waals surface area contributed by atoms with Gasteiger partial charge in [0.05, 0.1) is 12.8 Å². The predicted octanol–water partition coefficient (Wildman–Crippen LogP) is 2.63. The van der Waals surface area contributed by atoms with E-state index in [2.05, 4.69) is 5.32 Å². The Morgan fingerprint density at radius 3 is 2.87 bits per heavy atom. The number of carbonyl (C=O) groups excluding carboxylic acids is 1. The van der Waals surface area contributed by atoms with Crippen molar-refractivity contribution >= 4 is 11.8 Å². The number of hydrogen-bond acceptors (Lipinski definition) is 3. The Hall–Kier alpha value is -1.71. The van der Waals surface area contributed by atoms with E-state index in [1.54, 1.807) is 7.11 Å². The van der Waals surface area contributed by atoms with Gasteiger partial charge in [-0.2, -0.15) is 0 Å². The van der Waals surface area contributed by atoms with Gasteiger partial charge in [0.1, 0.15) is 11.9 Å². The van der Waals surface area contributed by atoms with Gasteiger partial charge < -0.3 is 9.47 Å². The first-order valence-electron chi connectivity index (χ1n) is 4.78. The number of nitrogens with one attached hydrogen (secondary N) is 1. The molecule has 4 heteroatoms. The molecule has 0 bridgehead atoms. The van der Waals surface area contributed by atoms with Crippen LogP contribution in [0.1, 0.15) is 24.2 Å². The molecule has 1 aromatic carbocycles. The van der Waals surface area contributed by atoms with E-state index in [1.807, 2.05) is 26.0 Å². The fourth-order valence-electron chi connectivity index (χ4n) is 1.88. The molecular formula is C11H13NO3. The largest absolute Gasteiger partial charge is 0.495 e. The molecule has 0 radical (unpaired) electrons. The second kappa shape index (κ2) is 3.46. The number of amides is 1. The van der Waals surface area contributed by atoms with E-state index >= 15 is 0 Å². The minimum absolute atomic E-state index is 0.233. The SMILES string of the molecule is COc1ccc(C)c2c1NC(=O)OC2C. The number of cyclic esters (lactones) is 1. The van der Waals surface area contributed by atoms with Crippen LogP contribution in [-0.2, 0) is 4.74 Å². The average molecular weight is 207 g/mol. The Kier molecular flexibility index (Phi) is 2.26.